The van der Waals surface area contributed by atoms with E-state index in [9.17, 15) is 4.57 Å². The van der Waals surface area contributed by atoms with Crippen LogP contribution in [0.2, 0.25) is 0 Å². The summed E-state index contributed by atoms with van der Waals surface area (Å²) >= 11 is 76.1. The Kier molecular flexibility index (Phi) is 13.4. The molecular weight excluding hydrogens is 756 g/mol. The van der Waals surface area contributed by atoms with Gasteiger partial charge in [-0.05, 0) is 13.8 Å². The van der Waals surface area contributed by atoms with Gasteiger partial charge < -0.3 is 0 Å². The van der Waals surface area contributed by atoms with E-state index in [1.165, 1.54) is 27.7 Å². The Balaban J connectivity index is 6.50. The molecule has 0 fully saturated rings. The second-order valence-corrected chi connectivity index (χ2v) is 16.6. The second-order valence-electron chi connectivity index (χ2n) is 6.77. The first kappa shape index (κ1) is 35.1. The molecule has 0 N–H and O–H groups in total. The number of alkyl halides is 13. The van der Waals surface area contributed by atoms with Gasteiger partial charge in [0, 0.05) is 10.7 Å². The summed E-state index contributed by atoms with van der Waals surface area (Å²) in [6.07, 6.45) is 0. The zero-order valence-electron chi connectivity index (χ0n) is 15.9. The lowest BCUT2D eigenvalue weighted by molar-refractivity contribution is 0.0192. The average Bonchev–Trinajstić information content (AvgIpc) is 2.51. The Morgan fingerprint density at radius 3 is 1.19 bits per heavy atom. The van der Waals surface area contributed by atoms with Gasteiger partial charge in [0.25, 0.3) is 9.04 Å². The standard InChI is InChI=1S/C13H16BrCl12O4P/c1-6(15)9(17,18)12(23,24)29-31(27,28-11(21,22)8(3,4)5-14)30-13(25,26)10(19,20)7(2)16/h6-7H,5H2,1-4H3. The minimum atomic E-state index is -5.23. The van der Waals surface area contributed by atoms with Gasteiger partial charge in [-0.25, -0.2) is 18.1 Å². The van der Waals surface area contributed by atoms with Crippen molar-refractivity contribution in [2.24, 2.45) is 5.41 Å². The summed E-state index contributed by atoms with van der Waals surface area (Å²) in [4.78, 5) is 0. The number of phosphoric acid groups is 1. The van der Waals surface area contributed by atoms with Crippen molar-refractivity contribution in [1.29, 1.82) is 0 Å². The predicted molar refractivity (Wildman–Crippen MR) is 141 cm³/mol. The van der Waals surface area contributed by atoms with E-state index in [1.807, 2.05) is 0 Å². The van der Waals surface area contributed by atoms with Crippen molar-refractivity contribution in [3.05, 3.63) is 0 Å². The first-order valence-corrected chi connectivity index (χ1v) is 15.0. The van der Waals surface area contributed by atoms with Crippen molar-refractivity contribution in [1.82, 2.24) is 0 Å². The van der Waals surface area contributed by atoms with E-state index in [1.54, 1.807) is 0 Å². The number of hydrogen-bond acceptors (Lipinski definition) is 4. The summed E-state index contributed by atoms with van der Waals surface area (Å²) in [5.41, 5.74) is -1.13. The molecule has 0 aromatic heterocycles. The average molecular weight is 773 g/mol. The van der Waals surface area contributed by atoms with E-state index in [2.05, 4.69) is 15.9 Å². The predicted octanol–water partition coefficient (Wildman–Crippen LogP) is 10.6. The van der Waals surface area contributed by atoms with E-state index in [-0.39, 0.29) is 5.33 Å². The topological polar surface area (TPSA) is 44.8 Å². The Bertz CT molecular complexity index is 633. The molecule has 0 bridgehead atoms. The number of halogens is 13. The van der Waals surface area contributed by atoms with Crippen LogP contribution in [0.1, 0.15) is 27.7 Å². The van der Waals surface area contributed by atoms with Crippen LogP contribution in [0.15, 0.2) is 0 Å². The Hall–Kier alpha value is 4.07. The summed E-state index contributed by atoms with van der Waals surface area (Å²) in [6.45, 7) is 5.72. The maximum atomic E-state index is 13.7. The van der Waals surface area contributed by atoms with E-state index < -0.39 is 46.2 Å². The van der Waals surface area contributed by atoms with E-state index in [0.717, 1.165) is 0 Å². The van der Waals surface area contributed by atoms with Crippen molar-refractivity contribution in [3.63, 3.8) is 0 Å². The Labute approximate surface area is 250 Å². The molecule has 4 nitrogen and oxygen atoms in total. The van der Waals surface area contributed by atoms with Crippen molar-refractivity contribution in [3.8, 4) is 0 Å². The van der Waals surface area contributed by atoms with Crippen LogP contribution >= 0.6 is 163 Å². The lowest BCUT2D eigenvalue weighted by Crippen LogP contribution is -2.48. The van der Waals surface area contributed by atoms with Crippen molar-refractivity contribution >= 4 is 163 Å². The first-order valence-electron chi connectivity index (χ1n) is 7.77. The zero-order valence-corrected chi connectivity index (χ0v) is 27.4. The maximum absolute atomic E-state index is 13.7. The summed E-state index contributed by atoms with van der Waals surface area (Å²) in [5, 5.41) is -2.17. The number of rotatable bonds is 12. The molecule has 2 atom stereocenters. The third-order valence-electron chi connectivity index (χ3n) is 3.58. The van der Waals surface area contributed by atoms with Crippen molar-refractivity contribution in [2.75, 3.05) is 5.33 Å². The largest absolute Gasteiger partial charge is 0.483 e. The molecule has 0 aromatic carbocycles. The second kappa shape index (κ2) is 11.9. The quantitative estimate of drug-likeness (QED) is 0.146. The fourth-order valence-corrected chi connectivity index (χ4v) is 6.68. The minimum Gasteiger partial charge on any atom is -0.249 e. The van der Waals surface area contributed by atoms with Crippen molar-refractivity contribution < 1.29 is 18.1 Å². The first-order chi connectivity index (χ1) is 13.3. The molecule has 0 aliphatic carbocycles. The summed E-state index contributed by atoms with van der Waals surface area (Å²) in [6, 6.07) is 0. The van der Waals surface area contributed by atoms with Crippen LogP contribution in [0.25, 0.3) is 0 Å². The highest BCUT2D eigenvalue weighted by Gasteiger charge is 2.63. The zero-order chi connectivity index (χ0) is 25.5. The highest BCUT2D eigenvalue weighted by molar-refractivity contribution is 9.09. The van der Waals surface area contributed by atoms with E-state index >= 15 is 0 Å². The van der Waals surface area contributed by atoms with Gasteiger partial charge >= 0.3 is 7.82 Å². The lowest BCUT2D eigenvalue weighted by Gasteiger charge is -2.42. The van der Waals surface area contributed by atoms with Gasteiger partial charge in [-0.3, -0.25) is 0 Å². The van der Waals surface area contributed by atoms with Gasteiger partial charge in [0.1, 0.15) is 0 Å². The Morgan fingerprint density at radius 1 is 0.710 bits per heavy atom. The van der Waals surface area contributed by atoms with Gasteiger partial charge in [-0.2, -0.15) is 0 Å². The molecule has 31 heavy (non-hydrogen) atoms. The fraction of sp³-hybridized carbons (Fsp3) is 1.00. The molecule has 0 saturated carbocycles. The molecule has 0 aromatic rings. The monoisotopic (exact) mass is 766 g/mol. The molecule has 0 amide bonds. The highest BCUT2D eigenvalue weighted by Crippen LogP contribution is 2.68. The van der Waals surface area contributed by atoms with Crippen LogP contribution in [-0.2, 0) is 18.1 Å². The van der Waals surface area contributed by atoms with Gasteiger partial charge in [-0.1, -0.05) is 146 Å². The number of hydrogen-bond donors (Lipinski definition) is 0. The van der Waals surface area contributed by atoms with Crippen molar-refractivity contribution in [2.45, 2.75) is 60.7 Å². The SMILES string of the molecule is CC(Cl)C(Cl)(Cl)C(Cl)(Cl)OP(=O)(OC(Cl)(Cl)C(C)(C)CBr)OC(Cl)(Cl)C(Cl)(Cl)C(C)Cl. The van der Waals surface area contributed by atoms with Gasteiger partial charge in [0.15, 0.2) is 8.67 Å². The van der Waals surface area contributed by atoms with E-state index in [4.69, 9.17) is 153 Å². The molecule has 18 heteroatoms. The number of phosphoric ester groups is 1. The fourth-order valence-electron chi connectivity index (χ4n) is 1.26. The molecule has 0 saturated heterocycles. The molecule has 0 aliphatic rings. The van der Waals surface area contributed by atoms with Crippen LogP contribution in [-0.4, -0.2) is 38.3 Å². The summed E-state index contributed by atoms with van der Waals surface area (Å²) in [5.74, 6) is 0. The normalized spacial score (nSPS) is 19.1. The molecule has 188 valence electrons. The molecular formula is C13H16BrCl12O4P. The molecule has 0 spiro atoms. The molecule has 0 rings (SSSR count). The molecule has 0 radical (unpaired) electrons. The summed E-state index contributed by atoms with van der Waals surface area (Å²) < 4.78 is 16.8. The van der Waals surface area contributed by atoms with E-state index in [0.29, 0.717) is 0 Å². The van der Waals surface area contributed by atoms with Crippen LogP contribution in [0.4, 0.5) is 0 Å². The molecule has 0 heterocycles. The third kappa shape index (κ3) is 8.54. The van der Waals surface area contributed by atoms with Gasteiger partial charge in [0.05, 0.1) is 10.8 Å². The van der Waals surface area contributed by atoms with Gasteiger partial charge in [-0.15, -0.1) is 23.2 Å². The molecule has 0 aliphatic heterocycles. The third-order valence-corrected chi connectivity index (χ3v) is 14.0. The lowest BCUT2D eigenvalue weighted by atomic mass is 9.98. The summed E-state index contributed by atoms with van der Waals surface area (Å²) in [7, 11) is -5.23. The molecule has 2 unspecified atom stereocenters. The van der Waals surface area contributed by atoms with Gasteiger partial charge in [0.2, 0.25) is 4.52 Å². The van der Waals surface area contributed by atoms with Crippen LogP contribution in [0.3, 0.4) is 0 Å². The van der Waals surface area contributed by atoms with Crippen LogP contribution in [0, 0.1) is 5.41 Å². The van der Waals surface area contributed by atoms with Crippen LogP contribution < -0.4 is 0 Å². The smallest absolute Gasteiger partial charge is 0.249 e. The van der Waals surface area contributed by atoms with Crippen LogP contribution in [0.5, 0.6) is 0 Å². The maximum Gasteiger partial charge on any atom is 0.483 e. The Morgan fingerprint density at radius 2 is 0.968 bits per heavy atom. The minimum absolute atomic E-state index is 0.147. The highest BCUT2D eigenvalue weighted by atomic mass is 79.9.